The van der Waals surface area contributed by atoms with Gasteiger partial charge < -0.3 is 39.3 Å². The van der Waals surface area contributed by atoms with E-state index in [1.54, 1.807) is 28.1 Å². The second kappa shape index (κ2) is 22.4. The van der Waals surface area contributed by atoms with E-state index in [0.717, 1.165) is 41.0 Å². The third-order valence-corrected chi connectivity index (χ3v) is 15.0. The van der Waals surface area contributed by atoms with E-state index in [-0.39, 0.29) is 35.9 Å². The number of carbonyl (C=O) groups is 3. The largest absolute Gasteiger partial charge is 0.497 e. The van der Waals surface area contributed by atoms with Crippen LogP contribution in [0.1, 0.15) is 83.4 Å². The maximum atomic E-state index is 12.8. The number of hydrogen-bond donors (Lipinski definition) is 3. The average molecular weight is 792 g/mol. The van der Waals surface area contributed by atoms with Crippen molar-refractivity contribution in [2.75, 3.05) is 47.1 Å². The van der Waals surface area contributed by atoms with Crippen molar-refractivity contribution in [2.45, 2.75) is 96.6 Å². The van der Waals surface area contributed by atoms with Gasteiger partial charge in [0, 0.05) is 31.9 Å². The van der Waals surface area contributed by atoms with Crippen LogP contribution >= 0.6 is 0 Å². The molecular formula is C44H65N3O8Si. The van der Waals surface area contributed by atoms with Gasteiger partial charge in [-0.15, -0.1) is 0 Å². The smallest absolute Gasteiger partial charge is 0.407 e. The maximum absolute atomic E-state index is 12.8. The van der Waals surface area contributed by atoms with E-state index in [0.29, 0.717) is 39.0 Å². The number of unbranched alkanes of at least 4 members (excludes halogenated alkanes) is 1. The fourth-order valence-electron chi connectivity index (χ4n) is 5.88. The van der Waals surface area contributed by atoms with Gasteiger partial charge in [-0.1, -0.05) is 95.6 Å². The maximum Gasteiger partial charge on any atom is 0.407 e. The molecule has 3 rings (SSSR count). The number of rotatable bonds is 23. The molecule has 1 atom stereocenters. The Hall–Kier alpha value is -4.39. The Kier molecular flexibility index (Phi) is 18.4. The van der Waals surface area contributed by atoms with Crippen LogP contribution in [-0.2, 0) is 29.1 Å². The van der Waals surface area contributed by atoms with Crippen LogP contribution in [-0.4, -0.2) is 79.4 Å². The predicted molar refractivity (Wildman–Crippen MR) is 224 cm³/mol. The van der Waals surface area contributed by atoms with Gasteiger partial charge in [-0.05, 0) is 71.9 Å². The molecule has 3 N–H and O–H groups in total. The highest BCUT2D eigenvalue weighted by molar-refractivity contribution is 6.74. The fraction of sp³-hybridized carbons (Fsp3) is 0.523. The standard InChI is InChI=1S/C44H65N3O8Si/c1-10-40(48)46-29-39(30-47-41(49)11-2)55-42(50)45-28-16-15-17-33(32-54-56(8,9)43(3,4)5)31-53-44(34-18-13-12-14-19-34,35-20-24-37(51-6)25-21-35)36-22-26-38(52-7)27-23-36/h12-14,18-27,33,39H,10-11,15-17,28-32H2,1-9H3,(H,45,50)(H,46,48)(H,47,49). The van der Waals surface area contributed by atoms with Crippen molar-refractivity contribution in [1.29, 1.82) is 0 Å². The molecule has 3 aromatic carbocycles. The van der Waals surface area contributed by atoms with Crippen LogP contribution in [0.2, 0.25) is 18.1 Å². The molecule has 0 heterocycles. The lowest BCUT2D eigenvalue weighted by Crippen LogP contribution is -2.44. The van der Waals surface area contributed by atoms with Gasteiger partial charge in [0.2, 0.25) is 11.8 Å². The topological polar surface area (TPSA) is 133 Å². The van der Waals surface area contributed by atoms with E-state index in [1.807, 2.05) is 42.5 Å². The second-order valence-electron chi connectivity index (χ2n) is 15.5. The van der Waals surface area contributed by atoms with Crippen LogP contribution < -0.4 is 25.4 Å². The van der Waals surface area contributed by atoms with Crippen molar-refractivity contribution < 1.29 is 37.8 Å². The van der Waals surface area contributed by atoms with Crippen LogP contribution in [0.3, 0.4) is 0 Å². The van der Waals surface area contributed by atoms with E-state index < -0.39 is 26.1 Å². The molecule has 56 heavy (non-hydrogen) atoms. The van der Waals surface area contributed by atoms with Gasteiger partial charge in [0.1, 0.15) is 23.2 Å². The number of alkyl carbamates (subject to hydrolysis) is 1. The first-order valence-electron chi connectivity index (χ1n) is 19.8. The zero-order valence-electron chi connectivity index (χ0n) is 35.0. The Morgan fingerprint density at radius 1 is 0.679 bits per heavy atom. The molecule has 0 aromatic heterocycles. The lowest BCUT2D eigenvalue weighted by atomic mass is 9.79. The Bertz CT molecular complexity index is 1560. The molecule has 11 nitrogen and oxygen atoms in total. The van der Waals surface area contributed by atoms with Crippen molar-refractivity contribution in [3.63, 3.8) is 0 Å². The lowest BCUT2D eigenvalue weighted by Gasteiger charge is -2.39. The average Bonchev–Trinajstić information content (AvgIpc) is 3.20. The molecule has 3 aromatic rings. The minimum absolute atomic E-state index is 0.0409. The minimum Gasteiger partial charge on any atom is -0.497 e. The number of carbonyl (C=O) groups excluding carboxylic acids is 3. The summed E-state index contributed by atoms with van der Waals surface area (Å²) < 4.78 is 30.7. The van der Waals surface area contributed by atoms with Gasteiger partial charge in [-0.25, -0.2) is 4.79 Å². The SMILES string of the molecule is CCC(=O)NCC(CNC(=O)CC)OC(=O)NCCCCC(COC(c1ccccc1)(c1ccc(OC)cc1)c1ccc(OC)cc1)CO[Si](C)(C)C(C)(C)C. The number of ether oxygens (including phenoxy) is 4. The predicted octanol–water partition coefficient (Wildman–Crippen LogP) is 7.97. The van der Waals surface area contributed by atoms with Crippen molar-refractivity contribution in [3.8, 4) is 11.5 Å². The first kappa shape index (κ1) is 46.0. The molecule has 0 aliphatic rings. The van der Waals surface area contributed by atoms with Crippen molar-refractivity contribution >= 4 is 26.2 Å². The molecule has 0 aliphatic carbocycles. The quantitative estimate of drug-likeness (QED) is 0.0501. The van der Waals surface area contributed by atoms with Gasteiger partial charge in [0.25, 0.3) is 0 Å². The minimum atomic E-state index is -2.08. The van der Waals surface area contributed by atoms with Gasteiger partial charge in [0.15, 0.2) is 8.32 Å². The number of methoxy groups -OCH3 is 2. The highest BCUT2D eigenvalue weighted by atomic mass is 28.4. The number of hydrogen-bond acceptors (Lipinski definition) is 8. The molecule has 0 fully saturated rings. The second-order valence-corrected chi connectivity index (χ2v) is 20.3. The summed E-state index contributed by atoms with van der Waals surface area (Å²) in [6.07, 6.45) is 1.64. The highest BCUT2D eigenvalue weighted by Crippen LogP contribution is 2.43. The molecule has 0 radical (unpaired) electrons. The Morgan fingerprint density at radius 3 is 1.64 bits per heavy atom. The number of amides is 3. The summed E-state index contributed by atoms with van der Waals surface area (Å²) in [5, 5.41) is 8.36. The van der Waals surface area contributed by atoms with E-state index in [9.17, 15) is 14.4 Å². The summed E-state index contributed by atoms with van der Waals surface area (Å²) in [5.41, 5.74) is 1.96. The van der Waals surface area contributed by atoms with E-state index in [4.69, 9.17) is 23.4 Å². The summed E-state index contributed by atoms with van der Waals surface area (Å²) in [6, 6.07) is 26.3. The van der Waals surface area contributed by atoms with Gasteiger partial charge >= 0.3 is 6.09 Å². The van der Waals surface area contributed by atoms with Crippen LogP contribution in [0.15, 0.2) is 78.9 Å². The van der Waals surface area contributed by atoms with Crippen LogP contribution in [0.4, 0.5) is 4.79 Å². The number of nitrogens with one attached hydrogen (secondary N) is 3. The zero-order chi connectivity index (χ0) is 41.2. The van der Waals surface area contributed by atoms with Crippen LogP contribution in [0.25, 0.3) is 0 Å². The molecule has 0 saturated carbocycles. The molecule has 0 saturated heterocycles. The molecule has 308 valence electrons. The summed E-state index contributed by atoms with van der Waals surface area (Å²) in [5.74, 6) is 1.23. The van der Waals surface area contributed by atoms with Gasteiger partial charge in [-0.3, -0.25) is 9.59 Å². The summed E-state index contributed by atoms with van der Waals surface area (Å²) in [7, 11) is 1.23. The Morgan fingerprint density at radius 2 is 1.18 bits per heavy atom. The van der Waals surface area contributed by atoms with E-state index in [1.165, 1.54) is 0 Å². The molecule has 1 unspecified atom stereocenters. The number of benzene rings is 3. The monoisotopic (exact) mass is 791 g/mol. The van der Waals surface area contributed by atoms with Gasteiger partial charge in [-0.2, -0.15) is 0 Å². The summed E-state index contributed by atoms with van der Waals surface area (Å²) in [4.78, 5) is 36.4. The molecule has 3 amide bonds. The Labute approximate surface area is 335 Å². The first-order valence-corrected chi connectivity index (χ1v) is 22.7. The molecule has 0 spiro atoms. The molecule has 0 bridgehead atoms. The Balaban J connectivity index is 1.82. The third kappa shape index (κ3) is 13.7. The third-order valence-electron chi connectivity index (χ3n) is 10.5. The molecular weight excluding hydrogens is 727 g/mol. The van der Waals surface area contributed by atoms with Crippen LogP contribution in [0, 0.1) is 5.92 Å². The summed E-state index contributed by atoms with van der Waals surface area (Å²) in [6.45, 7) is 16.3. The van der Waals surface area contributed by atoms with E-state index >= 15 is 0 Å². The van der Waals surface area contributed by atoms with Crippen molar-refractivity contribution in [2.24, 2.45) is 5.92 Å². The zero-order valence-corrected chi connectivity index (χ0v) is 36.0. The van der Waals surface area contributed by atoms with Crippen LogP contribution in [0.5, 0.6) is 11.5 Å². The summed E-state index contributed by atoms with van der Waals surface area (Å²) >= 11 is 0. The molecule has 12 heteroatoms. The lowest BCUT2D eigenvalue weighted by molar-refractivity contribution is -0.121. The van der Waals surface area contributed by atoms with Crippen molar-refractivity contribution in [3.05, 3.63) is 95.6 Å². The highest BCUT2D eigenvalue weighted by Gasteiger charge is 2.40. The normalized spacial score (nSPS) is 12.5. The van der Waals surface area contributed by atoms with Gasteiger partial charge in [0.05, 0.1) is 33.9 Å². The first-order chi connectivity index (χ1) is 26.7. The van der Waals surface area contributed by atoms with E-state index in [2.05, 4.69) is 86.2 Å². The molecule has 0 aliphatic heterocycles. The fourth-order valence-corrected chi connectivity index (χ4v) is 6.96. The van der Waals surface area contributed by atoms with Crippen molar-refractivity contribution in [1.82, 2.24) is 16.0 Å².